The number of methoxy groups -OCH3 is 1. The van der Waals surface area contributed by atoms with Crippen LogP contribution < -0.4 is 14.8 Å². The predicted octanol–water partition coefficient (Wildman–Crippen LogP) is 2.94. The monoisotopic (exact) mass is 588 g/mol. The van der Waals surface area contributed by atoms with E-state index < -0.39 is 21.7 Å². The molecule has 41 heavy (non-hydrogen) atoms. The van der Waals surface area contributed by atoms with Crippen molar-refractivity contribution >= 4 is 27.0 Å². The highest BCUT2D eigenvalue weighted by Crippen LogP contribution is 2.42. The first-order valence-electron chi connectivity index (χ1n) is 13.9. The van der Waals surface area contributed by atoms with E-state index in [1.54, 1.807) is 25.3 Å². The largest absolute Gasteiger partial charge is 0.473 e. The molecule has 0 radical (unpaired) electrons. The third-order valence-corrected chi connectivity index (χ3v) is 8.19. The molecular formula is C28H37FN6O5S. The van der Waals surface area contributed by atoms with Crippen molar-refractivity contribution < 1.29 is 27.1 Å². The molecule has 4 heterocycles. The van der Waals surface area contributed by atoms with Crippen molar-refractivity contribution in [3.63, 3.8) is 0 Å². The molecule has 222 valence electrons. The van der Waals surface area contributed by atoms with Crippen LogP contribution in [-0.4, -0.2) is 85.2 Å². The lowest BCUT2D eigenvalue weighted by molar-refractivity contribution is -0.0130. The highest BCUT2D eigenvalue weighted by Gasteiger charge is 2.37. The number of fused-ring (bicyclic) bond motifs is 1. The summed E-state index contributed by atoms with van der Waals surface area (Å²) >= 11 is 0. The molecule has 2 fully saturated rings. The van der Waals surface area contributed by atoms with Crippen LogP contribution in [0.1, 0.15) is 61.6 Å². The molecule has 3 aromatic rings. The zero-order valence-corrected chi connectivity index (χ0v) is 24.6. The van der Waals surface area contributed by atoms with E-state index in [2.05, 4.69) is 15.2 Å². The molecule has 2 atom stereocenters. The van der Waals surface area contributed by atoms with Gasteiger partial charge in [-0.3, -0.25) is 9.69 Å². The number of amides is 1. The Morgan fingerprint density at radius 2 is 1.88 bits per heavy atom. The number of carbonyl (C=O) groups excluding carboxylic acids is 1. The van der Waals surface area contributed by atoms with Gasteiger partial charge in [-0.1, -0.05) is 0 Å². The molecule has 2 aromatic heterocycles. The summed E-state index contributed by atoms with van der Waals surface area (Å²) in [6.45, 7) is 6.42. The van der Waals surface area contributed by atoms with E-state index in [4.69, 9.17) is 14.6 Å². The fourth-order valence-corrected chi connectivity index (χ4v) is 6.27. The Labute approximate surface area is 239 Å². The normalized spacial score (nSPS) is 20.9. The van der Waals surface area contributed by atoms with Crippen LogP contribution in [0.15, 0.2) is 30.3 Å². The number of rotatable bonds is 8. The van der Waals surface area contributed by atoms with E-state index in [9.17, 15) is 17.6 Å². The lowest BCUT2D eigenvalue weighted by Crippen LogP contribution is -2.49. The molecule has 2 N–H and O–H groups in total. The fraction of sp³-hybridized carbons (Fsp3) is 0.536. The Kier molecular flexibility index (Phi) is 8.60. The lowest BCUT2D eigenvalue weighted by atomic mass is 9.88. The molecular weight excluding hydrogens is 551 g/mol. The van der Waals surface area contributed by atoms with Gasteiger partial charge in [0, 0.05) is 25.7 Å². The molecule has 2 unspecified atom stereocenters. The van der Waals surface area contributed by atoms with Gasteiger partial charge < -0.3 is 14.8 Å². The second kappa shape index (κ2) is 12.0. The van der Waals surface area contributed by atoms with Gasteiger partial charge in [0.2, 0.25) is 15.9 Å². The zero-order valence-electron chi connectivity index (χ0n) is 23.8. The number of likely N-dealkylation sites (tertiary alicyclic amines) is 1. The van der Waals surface area contributed by atoms with Gasteiger partial charge in [-0.2, -0.15) is 0 Å². The Morgan fingerprint density at radius 1 is 1.17 bits per heavy atom. The first kappa shape index (κ1) is 29.4. The van der Waals surface area contributed by atoms with Crippen LogP contribution in [0.4, 0.5) is 4.39 Å². The van der Waals surface area contributed by atoms with Crippen molar-refractivity contribution in [2.45, 2.75) is 63.8 Å². The second-order valence-corrected chi connectivity index (χ2v) is 12.7. The summed E-state index contributed by atoms with van der Waals surface area (Å²) < 4.78 is 53.4. The van der Waals surface area contributed by atoms with Crippen molar-refractivity contribution in [3.8, 4) is 11.6 Å². The Bertz CT molecular complexity index is 1500. The molecule has 0 spiro atoms. The summed E-state index contributed by atoms with van der Waals surface area (Å²) in [5, 5.41) is 8.79. The summed E-state index contributed by atoms with van der Waals surface area (Å²) in [6.07, 6.45) is 4.20. The van der Waals surface area contributed by atoms with Crippen LogP contribution in [0.3, 0.4) is 0 Å². The number of carbonyl (C=O) groups is 1. The molecule has 13 heteroatoms. The third-order valence-electron chi connectivity index (χ3n) is 7.63. The fourth-order valence-electron chi connectivity index (χ4n) is 5.83. The standard InChI is InChI=1S/C28H37FN6O5S/c1-17(2)40-28-25-22(24-15-21(39-3)11-14-34(24)19-9-12-30-13-10-19)16-23(27(36)33-41(4,37)38)31-26(25)35(32-28)20-7-5-18(29)6-8-20/h5-8,16-17,19,21,24,30H,9-15H2,1-4H3,(H,33,36). The summed E-state index contributed by atoms with van der Waals surface area (Å²) in [5.41, 5.74) is 1.52. The van der Waals surface area contributed by atoms with Crippen LogP contribution in [0.5, 0.6) is 5.88 Å². The van der Waals surface area contributed by atoms with E-state index in [-0.39, 0.29) is 23.9 Å². The number of nitrogens with one attached hydrogen (secondary N) is 2. The molecule has 2 saturated heterocycles. The summed E-state index contributed by atoms with van der Waals surface area (Å²) in [4.78, 5) is 20.3. The average molecular weight is 589 g/mol. The first-order chi connectivity index (χ1) is 19.5. The molecule has 2 aliphatic rings. The van der Waals surface area contributed by atoms with Crippen LogP contribution >= 0.6 is 0 Å². The van der Waals surface area contributed by atoms with Crippen molar-refractivity contribution in [1.29, 1.82) is 0 Å². The number of ether oxygens (including phenoxy) is 2. The highest BCUT2D eigenvalue weighted by atomic mass is 32.2. The topological polar surface area (TPSA) is 128 Å². The summed E-state index contributed by atoms with van der Waals surface area (Å²) in [5.74, 6) is -0.917. The van der Waals surface area contributed by atoms with Crippen molar-refractivity contribution in [2.24, 2.45) is 0 Å². The average Bonchev–Trinajstić information content (AvgIpc) is 3.29. The van der Waals surface area contributed by atoms with E-state index in [0.717, 1.165) is 50.7 Å². The van der Waals surface area contributed by atoms with E-state index in [0.29, 0.717) is 35.1 Å². The van der Waals surface area contributed by atoms with Gasteiger partial charge in [0.15, 0.2) is 5.65 Å². The van der Waals surface area contributed by atoms with Gasteiger partial charge in [0.25, 0.3) is 5.91 Å². The maximum Gasteiger partial charge on any atom is 0.283 e. The maximum absolute atomic E-state index is 13.8. The second-order valence-electron chi connectivity index (χ2n) is 11.0. The van der Waals surface area contributed by atoms with Crippen LogP contribution in [0.2, 0.25) is 0 Å². The molecule has 0 saturated carbocycles. The van der Waals surface area contributed by atoms with Crippen LogP contribution in [0.25, 0.3) is 16.7 Å². The Balaban J connectivity index is 1.76. The van der Waals surface area contributed by atoms with Crippen LogP contribution in [-0.2, 0) is 14.8 Å². The number of sulfonamides is 1. The zero-order chi connectivity index (χ0) is 29.3. The first-order valence-corrected chi connectivity index (χ1v) is 15.8. The van der Waals surface area contributed by atoms with Crippen LogP contribution in [0, 0.1) is 5.82 Å². The minimum absolute atomic E-state index is 0.00362. The molecule has 5 rings (SSSR count). The maximum atomic E-state index is 13.8. The smallest absolute Gasteiger partial charge is 0.283 e. The molecule has 1 amide bonds. The molecule has 0 bridgehead atoms. The highest BCUT2D eigenvalue weighted by molar-refractivity contribution is 7.89. The molecule has 11 nitrogen and oxygen atoms in total. The number of piperidine rings is 2. The number of hydrogen-bond acceptors (Lipinski definition) is 9. The number of pyridine rings is 1. The Hall–Kier alpha value is -3.13. The minimum Gasteiger partial charge on any atom is -0.473 e. The van der Waals surface area contributed by atoms with Crippen molar-refractivity contribution in [3.05, 3.63) is 47.4 Å². The van der Waals surface area contributed by atoms with E-state index >= 15 is 0 Å². The molecule has 1 aromatic carbocycles. The number of benzene rings is 1. The SMILES string of the molecule is COC1CCN(C2CCNCC2)C(c2cc(C(=O)NS(C)(=O)=O)nc3c2c(OC(C)C)nn3-c2ccc(F)cc2)C1. The number of nitrogens with zero attached hydrogens (tertiary/aromatic N) is 4. The summed E-state index contributed by atoms with van der Waals surface area (Å²) in [7, 11) is -2.14. The van der Waals surface area contributed by atoms with E-state index in [1.165, 1.54) is 16.8 Å². The van der Waals surface area contributed by atoms with E-state index in [1.807, 2.05) is 18.6 Å². The number of halogens is 1. The van der Waals surface area contributed by atoms with Gasteiger partial charge >= 0.3 is 0 Å². The Morgan fingerprint density at radius 3 is 2.51 bits per heavy atom. The van der Waals surface area contributed by atoms with Gasteiger partial charge in [-0.25, -0.2) is 27.2 Å². The van der Waals surface area contributed by atoms with Gasteiger partial charge in [-0.15, -0.1) is 5.10 Å². The molecule has 2 aliphatic heterocycles. The summed E-state index contributed by atoms with van der Waals surface area (Å²) in [6, 6.07) is 7.56. The number of hydrogen-bond donors (Lipinski definition) is 2. The number of aromatic nitrogens is 3. The van der Waals surface area contributed by atoms with Gasteiger partial charge in [0.1, 0.15) is 11.5 Å². The molecule has 0 aliphatic carbocycles. The third kappa shape index (κ3) is 6.53. The lowest BCUT2D eigenvalue weighted by Gasteiger charge is -2.45. The van der Waals surface area contributed by atoms with Crippen molar-refractivity contribution in [2.75, 3.05) is 33.0 Å². The minimum atomic E-state index is -3.85. The van der Waals surface area contributed by atoms with Gasteiger partial charge in [0.05, 0.1) is 29.5 Å². The van der Waals surface area contributed by atoms with Gasteiger partial charge in [-0.05, 0) is 88.5 Å². The van der Waals surface area contributed by atoms with Crippen molar-refractivity contribution in [1.82, 2.24) is 29.7 Å². The predicted molar refractivity (Wildman–Crippen MR) is 152 cm³/mol. The quantitative estimate of drug-likeness (QED) is 0.408.